The lowest BCUT2D eigenvalue weighted by Crippen LogP contribution is -2.36. The van der Waals surface area contributed by atoms with E-state index in [2.05, 4.69) is 13.8 Å². The Morgan fingerprint density at radius 1 is 1.18 bits per heavy atom. The molecule has 1 aliphatic heterocycles. The first-order valence-electron chi connectivity index (χ1n) is 7.33. The molecule has 0 aromatic rings. The Morgan fingerprint density at radius 2 is 1.88 bits per heavy atom. The van der Waals surface area contributed by atoms with Crippen LogP contribution >= 0.6 is 0 Å². The van der Waals surface area contributed by atoms with Crippen LogP contribution in [0.4, 0.5) is 0 Å². The predicted molar refractivity (Wildman–Crippen MR) is 70.0 cm³/mol. The molecule has 1 saturated carbocycles. The molecule has 1 N–H and O–H groups in total. The monoisotopic (exact) mass is 240 g/mol. The fourth-order valence-electron chi connectivity index (χ4n) is 3.17. The van der Waals surface area contributed by atoms with E-state index < -0.39 is 0 Å². The van der Waals surface area contributed by atoms with Crippen molar-refractivity contribution in [3.63, 3.8) is 0 Å². The van der Waals surface area contributed by atoms with Gasteiger partial charge in [-0.2, -0.15) is 0 Å². The molecule has 0 spiro atoms. The Labute approximate surface area is 106 Å². The van der Waals surface area contributed by atoms with Crippen molar-refractivity contribution in [1.82, 2.24) is 0 Å². The number of aliphatic hydroxyl groups is 1. The second kappa shape index (κ2) is 5.27. The SMILES string of the molecule is CC1(C)CCC(O)(CCCC2CCCO2)CC1. The zero-order chi connectivity index (χ0) is 12.4. The van der Waals surface area contributed by atoms with E-state index in [0.717, 1.165) is 38.7 Å². The number of hydrogen-bond acceptors (Lipinski definition) is 2. The summed E-state index contributed by atoms with van der Waals surface area (Å²) in [4.78, 5) is 0. The third-order valence-electron chi connectivity index (χ3n) is 4.73. The molecule has 2 fully saturated rings. The molecule has 2 heteroatoms. The van der Waals surface area contributed by atoms with Gasteiger partial charge in [-0.1, -0.05) is 13.8 Å². The van der Waals surface area contributed by atoms with Crippen LogP contribution in [0.3, 0.4) is 0 Å². The summed E-state index contributed by atoms with van der Waals surface area (Å²) in [5, 5.41) is 10.5. The van der Waals surface area contributed by atoms with Gasteiger partial charge in [0.25, 0.3) is 0 Å². The van der Waals surface area contributed by atoms with E-state index in [-0.39, 0.29) is 5.60 Å². The van der Waals surface area contributed by atoms with Crippen molar-refractivity contribution in [2.45, 2.75) is 83.3 Å². The van der Waals surface area contributed by atoms with Gasteiger partial charge in [-0.3, -0.25) is 0 Å². The third kappa shape index (κ3) is 3.96. The van der Waals surface area contributed by atoms with Gasteiger partial charge < -0.3 is 9.84 Å². The van der Waals surface area contributed by atoms with Crippen LogP contribution in [-0.4, -0.2) is 23.4 Å². The van der Waals surface area contributed by atoms with Gasteiger partial charge in [0, 0.05) is 6.61 Å². The molecule has 2 rings (SSSR count). The second-order valence-corrected chi connectivity index (χ2v) is 6.92. The highest BCUT2D eigenvalue weighted by molar-refractivity contribution is 4.89. The quantitative estimate of drug-likeness (QED) is 0.812. The maximum atomic E-state index is 10.5. The first-order valence-corrected chi connectivity index (χ1v) is 7.33. The molecule has 2 aliphatic rings. The van der Waals surface area contributed by atoms with E-state index in [1.54, 1.807) is 0 Å². The molecule has 1 aliphatic carbocycles. The molecule has 0 aromatic carbocycles. The molecule has 0 aromatic heterocycles. The van der Waals surface area contributed by atoms with Crippen molar-refractivity contribution in [3.05, 3.63) is 0 Å². The van der Waals surface area contributed by atoms with Gasteiger partial charge in [0.2, 0.25) is 0 Å². The lowest BCUT2D eigenvalue weighted by atomic mass is 9.69. The Hall–Kier alpha value is -0.0800. The minimum atomic E-state index is -0.367. The maximum absolute atomic E-state index is 10.5. The summed E-state index contributed by atoms with van der Waals surface area (Å²) in [5.41, 5.74) is 0.0783. The molecule has 0 bridgehead atoms. The maximum Gasteiger partial charge on any atom is 0.0648 e. The van der Waals surface area contributed by atoms with Gasteiger partial charge in [0.1, 0.15) is 0 Å². The van der Waals surface area contributed by atoms with Crippen molar-refractivity contribution in [2.75, 3.05) is 6.61 Å². The fraction of sp³-hybridized carbons (Fsp3) is 1.00. The summed E-state index contributed by atoms with van der Waals surface area (Å²) >= 11 is 0. The van der Waals surface area contributed by atoms with E-state index in [1.165, 1.54) is 25.7 Å². The zero-order valence-corrected chi connectivity index (χ0v) is 11.5. The Morgan fingerprint density at radius 3 is 2.47 bits per heavy atom. The zero-order valence-electron chi connectivity index (χ0n) is 11.5. The third-order valence-corrected chi connectivity index (χ3v) is 4.73. The summed E-state index contributed by atoms with van der Waals surface area (Å²) in [6, 6.07) is 0. The van der Waals surface area contributed by atoms with Gasteiger partial charge in [0.15, 0.2) is 0 Å². The highest BCUT2D eigenvalue weighted by atomic mass is 16.5. The van der Waals surface area contributed by atoms with Crippen LogP contribution in [0, 0.1) is 5.41 Å². The molecule has 2 nitrogen and oxygen atoms in total. The van der Waals surface area contributed by atoms with Gasteiger partial charge in [0.05, 0.1) is 11.7 Å². The molecule has 17 heavy (non-hydrogen) atoms. The lowest BCUT2D eigenvalue weighted by molar-refractivity contribution is -0.0359. The minimum absolute atomic E-state index is 0.367. The summed E-state index contributed by atoms with van der Waals surface area (Å²) in [5.74, 6) is 0. The van der Waals surface area contributed by atoms with Crippen LogP contribution in [0.25, 0.3) is 0 Å². The average Bonchev–Trinajstić information content (AvgIpc) is 2.77. The first kappa shape index (κ1) is 13.4. The molecule has 1 atom stereocenters. The Bertz CT molecular complexity index is 231. The van der Waals surface area contributed by atoms with E-state index in [0.29, 0.717) is 11.5 Å². The van der Waals surface area contributed by atoms with E-state index in [4.69, 9.17) is 4.74 Å². The van der Waals surface area contributed by atoms with Gasteiger partial charge in [-0.15, -0.1) is 0 Å². The van der Waals surface area contributed by atoms with Crippen molar-refractivity contribution in [1.29, 1.82) is 0 Å². The summed E-state index contributed by atoms with van der Waals surface area (Å²) in [6.45, 7) is 5.58. The molecular weight excluding hydrogens is 212 g/mol. The van der Waals surface area contributed by atoms with Gasteiger partial charge in [-0.25, -0.2) is 0 Å². The molecule has 1 unspecified atom stereocenters. The standard InChI is InChI=1S/C15H28O2/c1-14(2)8-10-15(16,11-9-14)7-3-5-13-6-4-12-17-13/h13,16H,3-12H2,1-2H3. The minimum Gasteiger partial charge on any atom is -0.390 e. The second-order valence-electron chi connectivity index (χ2n) is 6.92. The van der Waals surface area contributed by atoms with Crippen molar-refractivity contribution in [2.24, 2.45) is 5.41 Å². The number of hydrogen-bond donors (Lipinski definition) is 1. The van der Waals surface area contributed by atoms with Crippen LogP contribution in [0.5, 0.6) is 0 Å². The highest BCUT2D eigenvalue weighted by Gasteiger charge is 2.36. The van der Waals surface area contributed by atoms with E-state index in [9.17, 15) is 5.11 Å². The summed E-state index contributed by atoms with van der Waals surface area (Å²) in [7, 11) is 0. The molecule has 0 amide bonds. The van der Waals surface area contributed by atoms with Gasteiger partial charge in [-0.05, 0) is 63.2 Å². The molecule has 1 heterocycles. The van der Waals surface area contributed by atoms with E-state index in [1.807, 2.05) is 0 Å². The van der Waals surface area contributed by atoms with Crippen molar-refractivity contribution in [3.8, 4) is 0 Å². The first-order chi connectivity index (χ1) is 7.99. The van der Waals surface area contributed by atoms with Crippen LogP contribution in [-0.2, 0) is 4.74 Å². The fourth-order valence-corrected chi connectivity index (χ4v) is 3.17. The van der Waals surface area contributed by atoms with Crippen LogP contribution in [0.2, 0.25) is 0 Å². The molecule has 1 saturated heterocycles. The average molecular weight is 240 g/mol. The Kier molecular flexibility index (Phi) is 4.14. The number of rotatable bonds is 4. The largest absolute Gasteiger partial charge is 0.390 e. The highest BCUT2D eigenvalue weighted by Crippen LogP contribution is 2.42. The van der Waals surface area contributed by atoms with Crippen molar-refractivity contribution < 1.29 is 9.84 Å². The molecule has 0 radical (unpaired) electrons. The van der Waals surface area contributed by atoms with Crippen molar-refractivity contribution >= 4 is 0 Å². The Balaban J connectivity index is 1.67. The van der Waals surface area contributed by atoms with Crippen LogP contribution in [0.15, 0.2) is 0 Å². The van der Waals surface area contributed by atoms with E-state index >= 15 is 0 Å². The smallest absolute Gasteiger partial charge is 0.0648 e. The van der Waals surface area contributed by atoms with Gasteiger partial charge >= 0.3 is 0 Å². The summed E-state index contributed by atoms with van der Waals surface area (Å²) in [6.07, 6.45) is 10.5. The van der Waals surface area contributed by atoms with Crippen LogP contribution in [0.1, 0.15) is 71.6 Å². The molecule has 100 valence electrons. The summed E-state index contributed by atoms with van der Waals surface area (Å²) < 4.78 is 5.63. The predicted octanol–water partition coefficient (Wildman–Crippen LogP) is 3.67. The lowest BCUT2D eigenvalue weighted by Gasteiger charge is -2.40. The van der Waals surface area contributed by atoms with Crippen LogP contribution < -0.4 is 0 Å². The normalized spacial score (nSPS) is 31.6. The number of ether oxygens (including phenoxy) is 1. The topological polar surface area (TPSA) is 29.5 Å². The molecular formula is C15H28O2.